The second-order valence-electron chi connectivity index (χ2n) is 5.05. The molecular formula is C16H16Cl2F3NO3. The van der Waals surface area contributed by atoms with Crippen molar-refractivity contribution in [1.82, 2.24) is 0 Å². The number of carbonyl (C=O) groups excluding carboxylic acids is 2. The first-order chi connectivity index (χ1) is 11.6. The molecule has 0 aliphatic rings. The van der Waals surface area contributed by atoms with Gasteiger partial charge in [-0.3, -0.25) is 14.6 Å². The zero-order valence-corrected chi connectivity index (χ0v) is 14.8. The summed E-state index contributed by atoms with van der Waals surface area (Å²) in [4.78, 5) is 27.4. The van der Waals surface area contributed by atoms with E-state index in [1.807, 2.05) is 0 Å². The zero-order chi connectivity index (χ0) is 19.0. The largest absolute Gasteiger partial charge is 0.465 e. The van der Waals surface area contributed by atoms with Crippen molar-refractivity contribution in [3.05, 3.63) is 33.8 Å². The van der Waals surface area contributed by atoms with Gasteiger partial charge in [-0.05, 0) is 31.0 Å². The second kappa shape index (κ2) is 9.77. The van der Waals surface area contributed by atoms with Crippen molar-refractivity contribution in [3.63, 3.8) is 0 Å². The van der Waals surface area contributed by atoms with Crippen molar-refractivity contribution in [1.29, 1.82) is 0 Å². The number of hydrogen-bond acceptors (Lipinski definition) is 4. The minimum atomic E-state index is -4.45. The summed E-state index contributed by atoms with van der Waals surface area (Å²) in [5.74, 6) is -2.55. The van der Waals surface area contributed by atoms with Crippen LogP contribution in [0.5, 0.6) is 0 Å². The highest BCUT2D eigenvalue weighted by Crippen LogP contribution is 2.24. The number of Topliss-reactive ketones (excluding diaryl/α,β-unsaturated/α-hetero) is 1. The van der Waals surface area contributed by atoms with Crippen LogP contribution in [0.2, 0.25) is 10.0 Å². The fourth-order valence-corrected chi connectivity index (χ4v) is 2.43. The molecule has 1 aromatic rings. The van der Waals surface area contributed by atoms with Gasteiger partial charge in [0.15, 0.2) is 5.78 Å². The van der Waals surface area contributed by atoms with E-state index < -0.39 is 36.8 Å². The average molecular weight is 398 g/mol. The van der Waals surface area contributed by atoms with Gasteiger partial charge in [0.05, 0.1) is 6.61 Å². The van der Waals surface area contributed by atoms with Crippen LogP contribution >= 0.6 is 23.2 Å². The summed E-state index contributed by atoms with van der Waals surface area (Å²) in [6.45, 7) is 0.270. The molecular weight excluding hydrogens is 382 g/mol. The maximum atomic E-state index is 12.2. The number of benzene rings is 1. The van der Waals surface area contributed by atoms with E-state index in [1.165, 1.54) is 6.07 Å². The van der Waals surface area contributed by atoms with Gasteiger partial charge in [-0.15, -0.1) is 0 Å². The number of rotatable bonds is 8. The van der Waals surface area contributed by atoms with Crippen LogP contribution in [0.15, 0.2) is 23.2 Å². The van der Waals surface area contributed by atoms with Crippen molar-refractivity contribution in [2.24, 2.45) is 10.9 Å². The number of esters is 1. The predicted molar refractivity (Wildman–Crippen MR) is 89.3 cm³/mol. The van der Waals surface area contributed by atoms with Gasteiger partial charge in [0, 0.05) is 22.7 Å². The Hall–Kier alpha value is -1.60. The predicted octanol–water partition coefficient (Wildman–Crippen LogP) is 4.31. The third-order valence-corrected chi connectivity index (χ3v) is 3.68. The first-order valence-electron chi connectivity index (χ1n) is 7.32. The molecule has 4 nitrogen and oxygen atoms in total. The Morgan fingerprint density at radius 2 is 2.00 bits per heavy atom. The number of nitrogens with zero attached hydrogens (tertiary/aromatic N) is 1. The Balaban J connectivity index is 2.85. The minimum Gasteiger partial charge on any atom is -0.465 e. The number of alkyl halides is 3. The number of halogens is 5. The number of hydrogen-bond donors (Lipinski definition) is 0. The normalized spacial score (nSPS) is 13.0. The molecule has 1 atom stereocenters. The third-order valence-electron chi connectivity index (χ3n) is 3.09. The lowest BCUT2D eigenvalue weighted by atomic mass is 9.93. The Kier molecular flexibility index (Phi) is 8.38. The second-order valence-corrected chi connectivity index (χ2v) is 5.90. The van der Waals surface area contributed by atoms with E-state index in [9.17, 15) is 22.8 Å². The number of ether oxygens (including phenoxy) is 1. The molecule has 0 N–H and O–H groups in total. The van der Waals surface area contributed by atoms with Crippen LogP contribution in [-0.2, 0) is 20.7 Å². The molecule has 0 fully saturated rings. The summed E-state index contributed by atoms with van der Waals surface area (Å²) in [6, 6.07) is 4.60. The molecule has 0 radical (unpaired) electrons. The first-order valence-corrected chi connectivity index (χ1v) is 8.08. The lowest BCUT2D eigenvalue weighted by Gasteiger charge is -2.15. The van der Waals surface area contributed by atoms with Crippen molar-refractivity contribution in [2.45, 2.75) is 25.9 Å². The molecule has 25 heavy (non-hydrogen) atoms. The summed E-state index contributed by atoms with van der Waals surface area (Å²) >= 11 is 11.8. The highest BCUT2D eigenvalue weighted by Gasteiger charge is 2.29. The molecule has 0 saturated carbocycles. The lowest BCUT2D eigenvalue weighted by Crippen LogP contribution is -2.28. The van der Waals surface area contributed by atoms with Crippen LogP contribution in [0.25, 0.3) is 0 Å². The minimum absolute atomic E-state index is 0.0409. The van der Waals surface area contributed by atoms with Gasteiger partial charge < -0.3 is 4.74 Å². The molecule has 0 bridgehead atoms. The van der Waals surface area contributed by atoms with E-state index in [4.69, 9.17) is 27.9 Å². The molecule has 0 aliphatic heterocycles. The SMILES string of the molecule is CCOC(=O)[C@@H](Cc1ccc(Cl)cc1Cl)C(=O)CC=NCC(F)(F)F. The van der Waals surface area contributed by atoms with E-state index in [-0.39, 0.29) is 18.1 Å². The monoisotopic (exact) mass is 397 g/mol. The summed E-state index contributed by atoms with van der Waals surface area (Å²) in [5, 5.41) is 0.674. The van der Waals surface area contributed by atoms with Crippen molar-refractivity contribution < 1.29 is 27.5 Å². The van der Waals surface area contributed by atoms with Gasteiger partial charge in [-0.2, -0.15) is 13.2 Å². The third kappa shape index (κ3) is 7.88. The Labute approximate surface area is 153 Å². The Morgan fingerprint density at radius 1 is 1.32 bits per heavy atom. The highest BCUT2D eigenvalue weighted by atomic mass is 35.5. The Morgan fingerprint density at radius 3 is 2.56 bits per heavy atom. The maximum Gasteiger partial charge on any atom is 0.407 e. The molecule has 138 valence electrons. The molecule has 0 saturated heterocycles. The number of ketones is 1. The fourth-order valence-electron chi connectivity index (χ4n) is 1.94. The van der Waals surface area contributed by atoms with Crippen LogP contribution in [-0.4, -0.2) is 37.3 Å². The quantitative estimate of drug-likeness (QED) is 0.373. The first kappa shape index (κ1) is 21.4. The summed E-state index contributed by atoms with van der Waals surface area (Å²) in [5.41, 5.74) is 0.504. The van der Waals surface area contributed by atoms with Crippen LogP contribution in [0, 0.1) is 5.92 Å². The molecule has 9 heteroatoms. The van der Waals surface area contributed by atoms with Crippen LogP contribution in [0.1, 0.15) is 18.9 Å². The molecule has 1 rings (SSSR count). The van der Waals surface area contributed by atoms with Crippen LogP contribution in [0.4, 0.5) is 13.2 Å². The smallest absolute Gasteiger partial charge is 0.407 e. The zero-order valence-electron chi connectivity index (χ0n) is 13.3. The van der Waals surface area contributed by atoms with Gasteiger partial charge in [-0.25, -0.2) is 0 Å². The van der Waals surface area contributed by atoms with Crippen LogP contribution < -0.4 is 0 Å². The highest BCUT2D eigenvalue weighted by molar-refractivity contribution is 6.35. The molecule has 0 aliphatic carbocycles. The van der Waals surface area contributed by atoms with E-state index >= 15 is 0 Å². The van der Waals surface area contributed by atoms with Crippen molar-refractivity contribution in [2.75, 3.05) is 13.2 Å². The summed E-state index contributed by atoms with van der Waals surface area (Å²) < 4.78 is 41.0. The number of aliphatic imine (C=N–C) groups is 1. The molecule has 0 unspecified atom stereocenters. The van der Waals surface area contributed by atoms with E-state index in [0.29, 0.717) is 10.6 Å². The summed E-state index contributed by atoms with van der Waals surface area (Å²) in [7, 11) is 0. The van der Waals surface area contributed by atoms with Gasteiger partial charge in [0.1, 0.15) is 12.5 Å². The van der Waals surface area contributed by atoms with Crippen LogP contribution in [0.3, 0.4) is 0 Å². The average Bonchev–Trinajstić information content (AvgIpc) is 2.50. The molecule has 0 heterocycles. The molecule has 0 aromatic heterocycles. The standard InChI is InChI=1S/C16H16Cl2F3NO3/c1-2-25-15(24)12(7-10-3-4-11(17)8-13(10)18)14(23)5-6-22-9-16(19,20)21/h3-4,6,8,12H,2,5,7,9H2,1H3/t12-/m0/s1. The van der Waals surface area contributed by atoms with Crippen molar-refractivity contribution >= 4 is 41.2 Å². The topological polar surface area (TPSA) is 55.7 Å². The maximum absolute atomic E-state index is 12.2. The van der Waals surface area contributed by atoms with E-state index in [2.05, 4.69) is 4.99 Å². The molecule has 1 aromatic carbocycles. The van der Waals surface area contributed by atoms with Gasteiger partial charge in [0.2, 0.25) is 0 Å². The van der Waals surface area contributed by atoms with Gasteiger partial charge in [-0.1, -0.05) is 29.3 Å². The van der Waals surface area contributed by atoms with E-state index in [0.717, 1.165) is 6.21 Å². The van der Waals surface area contributed by atoms with E-state index in [1.54, 1.807) is 19.1 Å². The summed E-state index contributed by atoms with van der Waals surface area (Å²) in [6.07, 6.45) is -4.05. The van der Waals surface area contributed by atoms with Crippen molar-refractivity contribution in [3.8, 4) is 0 Å². The lowest BCUT2D eigenvalue weighted by molar-refractivity contribution is -0.151. The number of carbonyl (C=O) groups is 2. The van der Waals surface area contributed by atoms with Gasteiger partial charge in [0.25, 0.3) is 0 Å². The van der Waals surface area contributed by atoms with Gasteiger partial charge >= 0.3 is 12.1 Å². The Bertz CT molecular complexity index is 648. The molecule has 0 amide bonds. The fraction of sp³-hybridized carbons (Fsp3) is 0.438. The molecule has 0 spiro atoms.